The predicted molar refractivity (Wildman–Crippen MR) is 125 cm³/mol. The van der Waals surface area contributed by atoms with Gasteiger partial charge in [0.25, 0.3) is 5.56 Å². The van der Waals surface area contributed by atoms with Gasteiger partial charge in [-0.3, -0.25) is 9.59 Å². The molecule has 0 aromatic heterocycles. The van der Waals surface area contributed by atoms with E-state index in [1.807, 2.05) is 30.3 Å². The Kier molecular flexibility index (Phi) is 5.71. The zero-order valence-electron chi connectivity index (χ0n) is 18.6. The zero-order valence-corrected chi connectivity index (χ0v) is 19.4. The molecule has 1 fully saturated rings. The van der Waals surface area contributed by atoms with Crippen LogP contribution in [0.3, 0.4) is 0 Å². The van der Waals surface area contributed by atoms with Gasteiger partial charge in [-0.15, -0.1) is 5.10 Å². The van der Waals surface area contributed by atoms with Gasteiger partial charge in [0.2, 0.25) is 5.91 Å². The van der Waals surface area contributed by atoms with E-state index < -0.39 is 5.54 Å². The number of carbonyl (C=O) groups excluding carboxylic acids is 1. The fourth-order valence-corrected chi connectivity index (χ4v) is 5.39. The van der Waals surface area contributed by atoms with Gasteiger partial charge in [0.1, 0.15) is 11.1 Å². The van der Waals surface area contributed by atoms with Crippen LogP contribution in [0, 0.1) is 17.2 Å². The van der Waals surface area contributed by atoms with Crippen molar-refractivity contribution in [3.63, 3.8) is 0 Å². The maximum Gasteiger partial charge on any atom is 0.284 e. The summed E-state index contributed by atoms with van der Waals surface area (Å²) < 4.78 is 3.51. The average Bonchev–Trinajstić information content (AvgIpc) is 3.65. The molecular formula is C24H26N6O2S. The molecule has 8 nitrogen and oxygen atoms in total. The van der Waals surface area contributed by atoms with Crippen LogP contribution in [0.25, 0.3) is 17.1 Å². The first kappa shape index (κ1) is 21.7. The van der Waals surface area contributed by atoms with Crippen LogP contribution in [-0.4, -0.2) is 36.5 Å². The minimum atomic E-state index is -0.814. The molecule has 1 aliphatic carbocycles. The predicted octanol–water partition coefficient (Wildman–Crippen LogP) is 3.16. The molecule has 0 spiro atoms. The molecular weight excluding hydrogens is 436 g/mol. The number of nitriles is 1. The molecule has 0 radical (unpaired) electrons. The smallest absolute Gasteiger partial charge is 0.284 e. The lowest BCUT2D eigenvalue weighted by atomic mass is 9.98. The largest absolute Gasteiger partial charge is 0.337 e. The lowest BCUT2D eigenvalue weighted by Crippen LogP contribution is -2.47. The summed E-state index contributed by atoms with van der Waals surface area (Å²) in [6.45, 7) is 2.56. The van der Waals surface area contributed by atoms with Gasteiger partial charge < -0.3 is 9.88 Å². The van der Waals surface area contributed by atoms with E-state index in [2.05, 4.69) is 21.1 Å². The van der Waals surface area contributed by atoms with Gasteiger partial charge in [0.15, 0.2) is 11.0 Å². The summed E-state index contributed by atoms with van der Waals surface area (Å²) in [5.74, 6) is 0.625. The Labute approximate surface area is 196 Å². The second-order valence-electron chi connectivity index (χ2n) is 8.98. The van der Waals surface area contributed by atoms with Gasteiger partial charge in [0.05, 0.1) is 17.5 Å². The van der Waals surface area contributed by atoms with Gasteiger partial charge in [-0.2, -0.15) is 9.94 Å². The number of thioether (sulfide) groups is 1. The van der Waals surface area contributed by atoms with Crippen molar-refractivity contribution in [2.45, 2.75) is 62.7 Å². The molecule has 1 N–H and O–H groups in total. The monoisotopic (exact) mass is 462 g/mol. The van der Waals surface area contributed by atoms with Gasteiger partial charge in [-0.25, -0.2) is 4.98 Å². The van der Waals surface area contributed by atoms with Crippen molar-refractivity contribution in [1.82, 2.24) is 24.6 Å². The third-order valence-electron chi connectivity index (χ3n) is 6.53. The second kappa shape index (κ2) is 8.67. The highest BCUT2D eigenvalue weighted by Crippen LogP contribution is 2.39. The number of nitrogens with one attached hydrogen (secondary N) is 1. The molecule has 1 unspecified atom stereocenters. The summed E-state index contributed by atoms with van der Waals surface area (Å²) in [5, 5.41) is 17.7. The van der Waals surface area contributed by atoms with Crippen LogP contribution in [0.4, 0.5) is 0 Å². The first-order valence-corrected chi connectivity index (χ1v) is 12.4. The molecule has 0 bridgehead atoms. The number of benzene rings is 1. The fourth-order valence-electron chi connectivity index (χ4n) is 4.55. The molecule has 0 saturated heterocycles. The standard InChI is InChI=1S/C24H26N6O2S/c1-24(15-25,16-11-12-16)27-19(31)14-33-23-26-21-20(18-10-6-3-7-13-29(18)23)22(32)30(28-21)17-8-4-2-5-9-17/h2,4-5,8-9,16H,3,6-7,10-14H2,1H3,(H,27,31). The van der Waals surface area contributed by atoms with Crippen molar-refractivity contribution in [3.05, 3.63) is 46.4 Å². The topological polar surface area (TPSA) is 106 Å². The van der Waals surface area contributed by atoms with Crippen molar-refractivity contribution in [3.8, 4) is 23.1 Å². The second-order valence-corrected chi connectivity index (χ2v) is 9.92. The SMILES string of the molecule is CC(C#N)(NC(=O)CSc1nc2nn(-c3ccccc3)c(=O)c-2c2n1CCCCC2)C1CC1. The summed E-state index contributed by atoms with van der Waals surface area (Å²) in [4.78, 5) is 30.7. The summed E-state index contributed by atoms with van der Waals surface area (Å²) >= 11 is 1.34. The molecule has 9 heteroatoms. The number of fused-ring (bicyclic) bond motifs is 3. The van der Waals surface area contributed by atoms with Crippen molar-refractivity contribution in [2.24, 2.45) is 5.92 Å². The maximum absolute atomic E-state index is 13.3. The summed E-state index contributed by atoms with van der Waals surface area (Å²) in [6.07, 6.45) is 5.81. The van der Waals surface area contributed by atoms with Crippen molar-refractivity contribution in [1.29, 1.82) is 5.26 Å². The van der Waals surface area contributed by atoms with Gasteiger partial charge in [0, 0.05) is 12.2 Å². The van der Waals surface area contributed by atoms with E-state index in [1.54, 1.807) is 6.92 Å². The fraction of sp³-hybridized carbons (Fsp3) is 0.458. The van der Waals surface area contributed by atoms with Crippen LogP contribution in [0.1, 0.15) is 44.7 Å². The highest BCUT2D eigenvalue weighted by molar-refractivity contribution is 7.99. The van der Waals surface area contributed by atoms with E-state index in [4.69, 9.17) is 4.98 Å². The molecule has 1 aromatic rings. The Bertz CT molecular complexity index is 1260. The Hall–Kier alpha value is -3.12. The summed E-state index contributed by atoms with van der Waals surface area (Å²) in [5.41, 5.74) is 1.26. The number of para-hydroxylation sites is 1. The number of rotatable bonds is 6. The number of aromatic nitrogens is 4. The van der Waals surface area contributed by atoms with Crippen LogP contribution >= 0.6 is 11.8 Å². The van der Waals surface area contributed by atoms with E-state index in [9.17, 15) is 14.9 Å². The summed E-state index contributed by atoms with van der Waals surface area (Å²) in [6, 6.07) is 11.6. The molecule has 170 valence electrons. The molecule has 1 atom stereocenters. The molecule has 1 aromatic carbocycles. The zero-order chi connectivity index (χ0) is 23.0. The first-order chi connectivity index (χ1) is 16.0. The van der Waals surface area contributed by atoms with Crippen LogP contribution in [0.5, 0.6) is 0 Å². The van der Waals surface area contributed by atoms with Crippen molar-refractivity contribution in [2.75, 3.05) is 5.75 Å². The van der Waals surface area contributed by atoms with Crippen molar-refractivity contribution < 1.29 is 4.79 Å². The Morgan fingerprint density at radius 2 is 2.06 bits per heavy atom. The highest BCUT2D eigenvalue weighted by Gasteiger charge is 2.43. The maximum atomic E-state index is 13.3. The number of hydrogen-bond acceptors (Lipinski definition) is 6. The molecule has 1 saturated carbocycles. The number of nitrogens with zero attached hydrogens (tertiary/aromatic N) is 5. The van der Waals surface area contributed by atoms with E-state index in [0.29, 0.717) is 22.2 Å². The minimum absolute atomic E-state index is 0.155. The van der Waals surface area contributed by atoms with E-state index in [-0.39, 0.29) is 23.1 Å². The average molecular weight is 463 g/mol. The van der Waals surface area contributed by atoms with Gasteiger partial charge in [-0.05, 0) is 57.1 Å². The lowest BCUT2D eigenvalue weighted by Gasteiger charge is -2.23. The number of carbonyl (C=O) groups is 1. The Balaban J connectivity index is 1.48. The molecule has 5 rings (SSSR count). The molecule has 1 amide bonds. The minimum Gasteiger partial charge on any atom is -0.337 e. The third kappa shape index (κ3) is 4.15. The van der Waals surface area contributed by atoms with Crippen LogP contribution in [0.2, 0.25) is 0 Å². The van der Waals surface area contributed by atoms with E-state index in [1.165, 1.54) is 16.4 Å². The van der Waals surface area contributed by atoms with Crippen molar-refractivity contribution >= 4 is 17.7 Å². The van der Waals surface area contributed by atoms with Crippen LogP contribution in [0.15, 0.2) is 40.3 Å². The number of amides is 1. The number of hydrogen-bond donors (Lipinski definition) is 1. The van der Waals surface area contributed by atoms with E-state index in [0.717, 1.165) is 50.8 Å². The lowest BCUT2D eigenvalue weighted by molar-refractivity contribution is -0.119. The normalized spacial score (nSPS) is 17.6. The highest BCUT2D eigenvalue weighted by atomic mass is 32.2. The first-order valence-electron chi connectivity index (χ1n) is 11.4. The van der Waals surface area contributed by atoms with E-state index >= 15 is 0 Å². The molecule has 3 aliphatic heterocycles. The van der Waals surface area contributed by atoms with Gasteiger partial charge in [-0.1, -0.05) is 36.4 Å². The molecule has 3 heterocycles. The quantitative estimate of drug-likeness (QED) is 0.446. The third-order valence-corrected chi connectivity index (χ3v) is 7.50. The molecule has 4 aliphatic rings. The molecule has 33 heavy (non-hydrogen) atoms. The van der Waals surface area contributed by atoms with Gasteiger partial charge >= 0.3 is 0 Å². The van der Waals surface area contributed by atoms with Crippen LogP contribution in [-0.2, 0) is 17.8 Å². The Morgan fingerprint density at radius 3 is 2.79 bits per heavy atom. The summed E-state index contributed by atoms with van der Waals surface area (Å²) in [7, 11) is 0. The van der Waals surface area contributed by atoms with Crippen LogP contribution < -0.4 is 10.9 Å². The Morgan fingerprint density at radius 1 is 1.27 bits per heavy atom.